The molecule has 1 fully saturated rings. The third-order valence-corrected chi connectivity index (χ3v) is 3.76. The Morgan fingerprint density at radius 3 is 2.32 bits per heavy atom. The molecule has 0 saturated carbocycles. The van der Waals surface area contributed by atoms with Crippen LogP contribution in [0, 0.1) is 0 Å². The minimum atomic E-state index is -4.11. The van der Waals surface area contributed by atoms with E-state index in [2.05, 4.69) is 0 Å². The van der Waals surface area contributed by atoms with Crippen molar-refractivity contribution in [1.82, 2.24) is 0 Å². The van der Waals surface area contributed by atoms with E-state index in [9.17, 15) is 9.36 Å². The second-order valence-corrected chi connectivity index (χ2v) is 6.76. The van der Waals surface area contributed by atoms with Crippen molar-refractivity contribution in [1.29, 1.82) is 0 Å². The van der Waals surface area contributed by atoms with Crippen molar-refractivity contribution < 1.29 is 29.0 Å². The summed E-state index contributed by atoms with van der Waals surface area (Å²) in [4.78, 5) is 28.2. The zero-order chi connectivity index (χ0) is 16.6. The van der Waals surface area contributed by atoms with Crippen molar-refractivity contribution in [2.75, 3.05) is 13.2 Å². The van der Waals surface area contributed by atoms with Crippen LogP contribution in [0.4, 0.5) is 0 Å². The molecule has 0 spiro atoms. The lowest BCUT2D eigenvalue weighted by Gasteiger charge is -2.09. The van der Waals surface area contributed by atoms with E-state index in [1.54, 1.807) is 24.3 Å². The van der Waals surface area contributed by atoms with Crippen LogP contribution in [0.3, 0.4) is 0 Å². The second kappa shape index (κ2) is 9.02. The number of carboxylic acids is 1. The molecule has 1 heterocycles. The average molecular weight is 331 g/mol. The van der Waals surface area contributed by atoms with Gasteiger partial charge in [-0.2, -0.15) is 0 Å². The van der Waals surface area contributed by atoms with Gasteiger partial charge >= 0.3 is 13.6 Å². The van der Waals surface area contributed by atoms with Crippen molar-refractivity contribution in [2.45, 2.75) is 31.5 Å². The van der Waals surface area contributed by atoms with E-state index in [0.717, 1.165) is 13.2 Å². The van der Waals surface area contributed by atoms with Crippen LogP contribution in [0.5, 0.6) is 0 Å². The van der Waals surface area contributed by atoms with Gasteiger partial charge in [0.15, 0.2) is 0 Å². The highest BCUT2D eigenvalue weighted by molar-refractivity contribution is 7.50. The Labute approximate surface area is 129 Å². The summed E-state index contributed by atoms with van der Waals surface area (Å²) >= 11 is 0. The number of aliphatic carboxylic acids is 1. The highest BCUT2D eigenvalue weighted by atomic mass is 31.2. The molecule has 7 nitrogen and oxygen atoms in total. The minimum absolute atomic E-state index is 0.129. The van der Waals surface area contributed by atoms with Crippen LogP contribution >= 0.6 is 7.60 Å². The first-order chi connectivity index (χ1) is 10.3. The molecular weight excluding hydrogens is 309 g/mol. The summed E-state index contributed by atoms with van der Waals surface area (Å²) in [5.74, 6) is -1.11. The number of carbonyl (C=O) groups is 1. The van der Waals surface area contributed by atoms with Gasteiger partial charge < -0.3 is 25.4 Å². The fourth-order valence-electron chi connectivity index (χ4n) is 1.94. The minimum Gasteiger partial charge on any atom is -0.480 e. The molecule has 1 aromatic carbocycles. The number of benzene rings is 1. The van der Waals surface area contributed by atoms with E-state index in [1.807, 2.05) is 0 Å². The first-order valence-electron chi connectivity index (χ1n) is 6.96. The van der Waals surface area contributed by atoms with Crippen molar-refractivity contribution in [3.8, 4) is 0 Å². The van der Waals surface area contributed by atoms with Crippen LogP contribution < -0.4 is 5.73 Å². The molecule has 5 N–H and O–H groups in total. The molecule has 1 saturated heterocycles. The Kier molecular flexibility index (Phi) is 7.72. The smallest absolute Gasteiger partial charge is 0.329 e. The summed E-state index contributed by atoms with van der Waals surface area (Å²) < 4.78 is 15.8. The molecule has 1 aromatic rings. The molecular formula is C14H22NO6P. The Bertz CT molecular complexity index is 518. The van der Waals surface area contributed by atoms with Crippen molar-refractivity contribution in [2.24, 2.45) is 5.73 Å². The van der Waals surface area contributed by atoms with Gasteiger partial charge in [0.25, 0.3) is 0 Å². The zero-order valence-corrected chi connectivity index (χ0v) is 13.1. The molecule has 1 atom stereocenters. The monoisotopic (exact) mass is 331 g/mol. The van der Waals surface area contributed by atoms with E-state index in [4.69, 9.17) is 25.4 Å². The number of hydrogen-bond donors (Lipinski definition) is 4. The van der Waals surface area contributed by atoms with E-state index in [1.165, 1.54) is 12.8 Å². The Balaban J connectivity index is 0.000000406. The summed E-state index contributed by atoms with van der Waals surface area (Å²) in [5, 5.41) is 8.65. The molecule has 0 amide bonds. The summed E-state index contributed by atoms with van der Waals surface area (Å²) in [5.41, 5.74) is 6.48. The molecule has 0 aromatic heterocycles. The highest BCUT2D eigenvalue weighted by Crippen LogP contribution is 2.39. The molecule has 22 heavy (non-hydrogen) atoms. The zero-order valence-electron chi connectivity index (χ0n) is 12.2. The summed E-state index contributed by atoms with van der Waals surface area (Å²) in [6.45, 7) is 2.00. The largest absolute Gasteiger partial charge is 0.480 e. The first kappa shape index (κ1) is 18.8. The predicted molar refractivity (Wildman–Crippen MR) is 81.6 cm³/mol. The molecule has 2 rings (SSSR count). The lowest BCUT2D eigenvalue weighted by molar-refractivity contribution is -0.138. The van der Waals surface area contributed by atoms with Crippen LogP contribution in [0.1, 0.15) is 24.0 Å². The quantitative estimate of drug-likeness (QED) is 0.595. The lowest BCUT2D eigenvalue weighted by Crippen LogP contribution is -2.32. The summed E-state index contributed by atoms with van der Waals surface area (Å²) in [7, 11) is -4.11. The summed E-state index contributed by atoms with van der Waals surface area (Å²) in [6, 6.07) is 5.41. The van der Waals surface area contributed by atoms with Gasteiger partial charge in [0.1, 0.15) is 6.04 Å². The Hall–Kier alpha value is -1.24. The number of rotatable bonds is 5. The topological polar surface area (TPSA) is 130 Å². The fourth-order valence-corrected chi connectivity index (χ4v) is 2.62. The number of ether oxygens (including phenoxy) is 1. The lowest BCUT2D eigenvalue weighted by atomic mass is 10.0. The maximum atomic E-state index is 10.8. The van der Waals surface area contributed by atoms with E-state index in [-0.39, 0.29) is 12.6 Å². The highest BCUT2D eigenvalue weighted by Gasteiger charge is 2.16. The summed E-state index contributed by atoms with van der Waals surface area (Å²) in [6.07, 6.45) is 2.33. The predicted octanol–water partition coefficient (Wildman–Crippen LogP) is 1.12. The van der Waals surface area contributed by atoms with Crippen LogP contribution in [-0.2, 0) is 26.7 Å². The standard InChI is InChI=1S/C10H14NO5P.C4H8O/c11-9(10(12)13)5-7-2-1-3-8(4-7)6-17(14,15)16;1-2-4-5-3-1/h1-4,9H,5-6,11H2,(H,12,13)(H2,14,15,16);1-4H2. The van der Waals surface area contributed by atoms with E-state index in [0.29, 0.717) is 11.1 Å². The van der Waals surface area contributed by atoms with Gasteiger partial charge in [-0.25, -0.2) is 0 Å². The van der Waals surface area contributed by atoms with Crippen molar-refractivity contribution in [3.63, 3.8) is 0 Å². The molecule has 124 valence electrons. The molecule has 0 bridgehead atoms. The molecule has 0 aliphatic carbocycles. The van der Waals surface area contributed by atoms with Gasteiger partial charge in [-0.1, -0.05) is 24.3 Å². The van der Waals surface area contributed by atoms with Crippen LogP contribution in [-0.4, -0.2) is 40.1 Å². The third-order valence-electron chi connectivity index (χ3n) is 2.98. The van der Waals surface area contributed by atoms with Gasteiger partial charge in [0.2, 0.25) is 0 Å². The van der Waals surface area contributed by atoms with Gasteiger partial charge in [-0.3, -0.25) is 9.36 Å². The molecule has 8 heteroatoms. The fraction of sp³-hybridized carbons (Fsp3) is 0.500. The second-order valence-electron chi connectivity index (χ2n) is 5.11. The number of carboxylic acid groups (broad SMARTS) is 1. The molecule has 1 aliphatic heterocycles. The van der Waals surface area contributed by atoms with Crippen LogP contribution in [0.2, 0.25) is 0 Å². The molecule has 1 aliphatic rings. The van der Waals surface area contributed by atoms with Gasteiger partial charge in [-0.15, -0.1) is 0 Å². The van der Waals surface area contributed by atoms with Crippen LogP contribution in [0.25, 0.3) is 0 Å². The maximum absolute atomic E-state index is 10.8. The average Bonchev–Trinajstić information content (AvgIpc) is 2.95. The number of nitrogens with two attached hydrogens (primary N) is 1. The van der Waals surface area contributed by atoms with Crippen molar-refractivity contribution in [3.05, 3.63) is 35.4 Å². The third kappa shape index (κ3) is 8.26. The Morgan fingerprint density at radius 2 is 1.86 bits per heavy atom. The first-order valence-corrected chi connectivity index (χ1v) is 8.76. The molecule has 0 radical (unpaired) electrons. The molecule has 1 unspecified atom stereocenters. The Morgan fingerprint density at radius 1 is 1.27 bits per heavy atom. The normalized spacial score (nSPS) is 15.8. The van der Waals surface area contributed by atoms with Gasteiger partial charge in [0, 0.05) is 13.2 Å². The SMILES string of the molecule is C1CCOC1.NC(Cc1cccc(CP(=O)(O)O)c1)C(=O)O. The maximum Gasteiger partial charge on any atom is 0.329 e. The van der Waals surface area contributed by atoms with Gasteiger partial charge in [0.05, 0.1) is 6.16 Å². The number of hydrogen-bond acceptors (Lipinski definition) is 4. The van der Waals surface area contributed by atoms with Gasteiger partial charge in [-0.05, 0) is 30.4 Å². The van der Waals surface area contributed by atoms with Crippen LogP contribution in [0.15, 0.2) is 24.3 Å². The van der Waals surface area contributed by atoms with Crippen molar-refractivity contribution >= 4 is 13.6 Å². The van der Waals surface area contributed by atoms with E-state index >= 15 is 0 Å². The van der Waals surface area contributed by atoms with E-state index < -0.39 is 19.6 Å².